The number of rotatable bonds is 0. The minimum Gasteiger partial charge on any atom is -0.306 e. The van der Waals surface area contributed by atoms with Gasteiger partial charge in [-0.1, -0.05) is 6.42 Å². The Morgan fingerprint density at radius 3 is 0.882 bits per heavy atom. The Balaban J connectivity index is 0. The fraction of sp³-hybridized carbons (Fsp3) is 0.733. The maximum Gasteiger partial charge on any atom is -0.00213 e. The van der Waals surface area contributed by atoms with Crippen LogP contribution < -0.4 is 0 Å². The van der Waals surface area contributed by atoms with E-state index in [0.717, 1.165) is 0 Å². The molecule has 0 aliphatic carbocycles. The summed E-state index contributed by atoms with van der Waals surface area (Å²) < 4.78 is 0. The fourth-order valence-corrected chi connectivity index (χ4v) is 1.93. The van der Waals surface area contributed by atoms with E-state index in [-0.39, 0.29) is 0 Å². The lowest BCUT2D eigenvalue weighted by Crippen LogP contribution is -2.24. The predicted octanol–water partition coefficient (Wildman–Crippen LogP) is 3.42. The molecule has 0 aromatic rings. The van der Waals surface area contributed by atoms with Gasteiger partial charge in [0.25, 0.3) is 0 Å². The molecule has 0 spiro atoms. The van der Waals surface area contributed by atoms with E-state index >= 15 is 0 Å². The predicted molar refractivity (Wildman–Crippen MR) is 80.6 cm³/mol. The van der Waals surface area contributed by atoms with E-state index in [0.29, 0.717) is 0 Å². The monoisotopic (exact) mass is 240 g/mol. The first-order valence-electron chi connectivity index (χ1n) is 6.66. The van der Waals surface area contributed by atoms with Gasteiger partial charge in [0, 0.05) is 0 Å². The molecule has 0 atom stereocenters. The van der Waals surface area contributed by atoms with Crippen LogP contribution in [-0.4, -0.2) is 50.1 Å². The van der Waals surface area contributed by atoms with Gasteiger partial charge in [0.05, 0.1) is 0 Å². The molecular weight excluding hydrogens is 208 g/mol. The first kappa shape index (κ1) is 18.8. The van der Waals surface area contributed by atoms with E-state index in [1.165, 1.54) is 58.3 Å². The van der Waals surface area contributed by atoms with Crippen molar-refractivity contribution in [1.82, 2.24) is 9.80 Å². The molecule has 0 saturated carbocycles. The summed E-state index contributed by atoms with van der Waals surface area (Å²) in [4.78, 5) is 4.75. The molecule has 2 heteroatoms. The van der Waals surface area contributed by atoms with Crippen molar-refractivity contribution in [2.24, 2.45) is 0 Å². The van der Waals surface area contributed by atoms with Crippen LogP contribution in [0.3, 0.4) is 0 Å². The zero-order valence-electron chi connectivity index (χ0n) is 12.1. The van der Waals surface area contributed by atoms with Crippen molar-refractivity contribution in [3.8, 4) is 0 Å². The zero-order valence-corrected chi connectivity index (χ0v) is 12.1. The van der Waals surface area contributed by atoms with Gasteiger partial charge in [0.2, 0.25) is 0 Å². The Labute approximate surface area is 109 Å². The molecule has 0 unspecified atom stereocenters. The van der Waals surface area contributed by atoms with Gasteiger partial charge in [-0.15, -0.1) is 26.3 Å². The highest BCUT2D eigenvalue weighted by molar-refractivity contribution is 4.59. The van der Waals surface area contributed by atoms with Gasteiger partial charge in [-0.3, -0.25) is 0 Å². The van der Waals surface area contributed by atoms with Crippen LogP contribution in [0, 0.1) is 0 Å². The molecule has 102 valence electrons. The van der Waals surface area contributed by atoms with Crippen LogP contribution >= 0.6 is 0 Å². The van der Waals surface area contributed by atoms with Crippen LogP contribution in [0.15, 0.2) is 26.3 Å². The van der Waals surface area contributed by atoms with E-state index in [2.05, 4.69) is 50.2 Å². The molecule has 2 fully saturated rings. The van der Waals surface area contributed by atoms with Crippen LogP contribution in [0.4, 0.5) is 0 Å². The molecule has 2 saturated heterocycles. The average molecular weight is 240 g/mol. The van der Waals surface area contributed by atoms with E-state index in [1.807, 2.05) is 0 Å². The maximum atomic E-state index is 3.00. The summed E-state index contributed by atoms with van der Waals surface area (Å²) in [6, 6.07) is 0. The van der Waals surface area contributed by atoms with Crippen LogP contribution in [0.1, 0.15) is 32.1 Å². The van der Waals surface area contributed by atoms with Gasteiger partial charge in [0.1, 0.15) is 0 Å². The minimum atomic E-state index is 1.32. The summed E-state index contributed by atoms with van der Waals surface area (Å²) in [6.45, 7) is 17.3. The second kappa shape index (κ2) is 15.4. The van der Waals surface area contributed by atoms with Gasteiger partial charge in [-0.05, 0) is 66.0 Å². The third kappa shape index (κ3) is 13.3. The molecule has 0 aromatic carbocycles. The van der Waals surface area contributed by atoms with E-state index in [4.69, 9.17) is 0 Å². The normalized spacial score (nSPS) is 19.9. The summed E-state index contributed by atoms with van der Waals surface area (Å²) in [5, 5.41) is 0. The van der Waals surface area contributed by atoms with Gasteiger partial charge in [-0.25, -0.2) is 0 Å². The van der Waals surface area contributed by atoms with Gasteiger partial charge in [-0.2, -0.15) is 0 Å². The van der Waals surface area contributed by atoms with Crippen molar-refractivity contribution in [2.75, 3.05) is 40.3 Å². The van der Waals surface area contributed by atoms with Gasteiger partial charge < -0.3 is 9.80 Å². The lowest BCUT2D eigenvalue weighted by atomic mass is 10.1. The fourth-order valence-electron chi connectivity index (χ4n) is 1.93. The SMILES string of the molecule is C=C.C=C.CN1CCCC1.CN1CCCCC1. The Bertz CT molecular complexity index is 134. The minimum absolute atomic E-state index is 1.32. The topological polar surface area (TPSA) is 6.48 Å². The van der Waals surface area contributed by atoms with Crippen LogP contribution in [0.5, 0.6) is 0 Å². The van der Waals surface area contributed by atoms with Crippen molar-refractivity contribution in [1.29, 1.82) is 0 Å². The summed E-state index contributed by atoms with van der Waals surface area (Å²) in [7, 11) is 4.37. The Kier molecular flexibility index (Phi) is 17.0. The molecule has 0 bridgehead atoms. The molecule has 2 aliphatic heterocycles. The molecule has 0 radical (unpaired) electrons. The molecule has 2 nitrogen and oxygen atoms in total. The molecule has 2 aliphatic rings. The van der Waals surface area contributed by atoms with Crippen LogP contribution in [-0.2, 0) is 0 Å². The standard InChI is InChI=1S/C6H13N.C5H11N.2C2H4/c1-7-5-3-2-4-6-7;1-6-4-2-3-5-6;2*1-2/h2-6H2,1H3;2-5H2,1H3;2*1-2H2. The quantitative estimate of drug-likeness (QED) is 0.599. The molecule has 2 heterocycles. The lowest BCUT2D eigenvalue weighted by molar-refractivity contribution is 0.277. The number of hydrogen-bond acceptors (Lipinski definition) is 2. The Morgan fingerprint density at radius 2 is 0.765 bits per heavy atom. The smallest absolute Gasteiger partial charge is 0.00213 e. The Hall–Kier alpha value is -0.600. The molecule has 0 amide bonds. The van der Waals surface area contributed by atoms with Gasteiger partial charge in [0.15, 0.2) is 0 Å². The zero-order chi connectivity index (χ0) is 13.5. The summed E-state index contributed by atoms with van der Waals surface area (Å²) in [5.74, 6) is 0. The highest BCUT2D eigenvalue weighted by Crippen LogP contribution is 2.04. The van der Waals surface area contributed by atoms with Crippen LogP contribution in [0.2, 0.25) is 0 Å². The number of likely N-dealkylation sites (tertiary alicyclic amines) is 2. The summed E-state index contributed by atoms with van der Waals surface area (Å²) in [5.41, 5.74) is 0. The number of hydrogen-bond donors (Lipinski definition) is 0. The molecule has 2 rings (SSSR count). The second-order valence-electron chi connectivity index (χ2n) is 4.37. The first-order valence-corrected chi connectivity index (χ1v) is 6.66. The lowest BCUT2D eigenvalue weighted by Gasteiger charge is -2.20. The van der Waals surface area contributed by atoms with E-state index < -0.39 is 0 Å². The summed E-state index contributed by atoms with van der Waals surface area (Å²) in [6.07, 6.45) is 7.10. The number of nitrogens with zero attached hydrogens (tertiary/aromatic N) is 2. The van der Waals surface area contributed by atoms with Gasteiger partial charge >= 0.3 is 0 Å². The molecular formula is C15H32N2. The largest absolute Gasteiger partial charge is 0.306 e. The maximum absolute atomic E-state index is 3.00. The third-order valence-electron chi connectivity index (χ3n) is 2.91. The van der Waals surface area contributed by atoms with Crippen molar-refractivity contribution in [2.45, 2.75) is 32.1 Å². The van der Waals surface area contributed by atoms with Crippen molar-refractivity contribution in [3.05, 3.63) is 26.3 Å². The number of piperidine rings is 1. The van der Waals surface area contributed by atoms with Crippen molar-refractivity contribution < 1.29 is 0 Å². The van der Waals surface area contributed by atoms with Crippen molar-refractivity contribution >= 4 is 0 Å². The summed E-state index contributed by atoms with van der Waals surface area (Å²) >= 11 is 0. The third-order valence-corrected chi connectivity index (χ3v) is 2.91. The second-order valence-corrected chi connectivity index (χ2v) is 4.37. The first-order chi connectivity index (χ1) is 8.29. The van der Waals surface area contributed by atoms with Crippen LogP contribution in [0.25, 0.3) is 0 Å². The Morgan fingerprint density at radius 1 is 0.529 bits per heavy atom. The molecule has 0 aromatic heterocycles. The highest BCUT2D eigenvalue weighted by Gasteiger charge is 2.03. The van der Waals surface area contributed by atoms with E-state index in [1.54, 1.807) is 0 Å². The average Bonchev–Trinajstić information content (AvgIpc) is 2.87. The molecule has 17 heavy (non-hydrogen) atoms. The molecule has 0 N–H and O–H groups in total. The van der Waals surface area contributed by atoms with E-state index in [9.17, 15) is 0 Å². The highest BCUT2D eigenvalue weighted by atomic mass is 15.1. The van der Waals surface area contributed by atoms with Crippen molar-refractivity contribution in [3.63, 3.8) is 0 Å².